The van der Waals surface area contributed by atoms with Crippen LogP contribution in [0.15, 0.2) is 29.9 Å². The van der Waals surface area contributed by atoms with Crippen molar-refractivity contribution in [2.24, 2.45) is 5.73 Å². The third-order valence-corrected chi connectivity index (χ3v) is 3.71. The van der Waals surface area contributed by atoms with Gasteiger partial charge in [0, 0.05) is 12.4 Å². The summed E-state index contributed by atoms with van der Waals surface area (Å²) in [6.45, 7) is 0.577. The molecule has 1 aromatic heterocycles. The van der Waals surface area contributed by atoms with Crippen LogP contribution in [0.5, 0.6) is 0 Å². The van der Waals surface area contributed by atoms with Crippen molar-refractivity contribution in [1.29, 1.82) is 0 Å². The molecule has 2 heterocycles. The molecule has 5 nitrogen and oxygen atoms in total. The monoisotopic (exact) mass is 354 g/mol. The van der Waals surface area contributed by atoms with Gasteiger partial charge < -0.3 is 11.1 Å². The van der Waals surface area contributed by atoms with E-state index < -0.39 is 5.82 Å². The minimum absolute atomic E-state index is 0. The number of amides is 2. The van der Waals surface area contributed by atoms with Gasteiger partial charge in [-0.25, -0.2) is 9.18 Å². The maximum absolute atomic E-state index is 13.4. The lowest BCUT2D eigenvalue weighted by atomic mass is 10.3. The van der Waals surface area contributed by atoms with Crippen LogP contribution in [0.2, 0.25) is 0 Å². The van der Waals surface area contributed by atoms with Crippen molar-refractivity contribution in [2.75, 3.05) is 6.54 Å². The summed E-state index contributed by atoms with van der Waals surface area (Å²) in [6, 6.07) is 2.56. The molecule has 1 unspecified atom stereocenters. The summed E-state index contributed by atoms with van der Waals surface area (Å²) >= 11 is 1.54. The topological polar surface area (TPSA) is 71.2 Å². The molecule has 0 bridgehead atoms. The van der Waals surface area contributed by atoms with E-state index in [1.54, 1.807) is 22.9 Å². The van der Waals surface area contributed by atoms with Crippen molar-refractivity contribution in [3.8, 4) is 0 Å². The molecule has 1 aliphatic rings. The highest BCUT2D eigenvalue weighted by molar-refractivity contribution is 8.02. The number of nitrogens with zero attached hydrogens (tertiary/aromatic N) is 2. The van der Waals surface area contributed by atoms with E-state index in [1.165, 1.54) is 18.3 Å². The lowest BCUT2D eigenvalue weighted by Crippen LogP contribution is -2.40. The molecule has 1 atom stereocenters. The first-order valence-electron chi connectivity index (χ1n) is 5.90. The molecule has 1 aliphatic heterocycles. The van der Waals surface area contributed by atoms with Crippen LogP contribution in [0.1, 0.15) is 12.1 Å². The van der Waals surface area contributed by atoms with Crippen LogP contribution in [0.4, 0.5) is 9.18 Å². The van der Waals surface area contributed by atoms with Crippen molar-refractivity contribution in [3.05, 3.63) is 41.4 Å². The largest absolute Gasteiger partial charge is 0.332 e. The highest BCUT2D eigenvalue weighted by Crippen LogP contribution is 2.27. The minimum atomic E-state index is -0.423. The van der Waals surface area contributed by atoms with Gasteiger partial charge in [0.15, 0.2) is 0 Å². The summed E-state index contributed by atoms with van der Waals surface area (Å²) in [7, 11) is 0. The molecule has 118 valence electrons. The second kappa shape index (κ2) is 9.83. The Bertz CT molecular complexity index is 492. The fraction of sp³-hybridized carbons (Fsp3) is 0.333. The maximum Gasteiger partial charge on any atom is 0.322 e. The number of carbonyl (C=O) groups excluding carboxylic acids is 1. The number of urea groups is 1. The predicted molar refractivity (Wildman–Crippen MR) is 87.0 cm³/mol. The standard InChI is InChI=1S/C12H15FN4OS.2ClH/c13-9-2-1-5-15-10(9)8-16-12(18)17-6-7-19-11(17)3-4-14;;/h1-2,5-7,11H,3-4,8,14H2,(H,16,18);2*1H. The van der Waals surface area contributed by atoms with E-state index >= 15 is 0 Å². The quantitative estimate of drug-likeness (QED) is 0.871. The lowest BCUT2D eigenvalue weighted by molar-refractivity contribution is 0.211. The number of aromatic nitrogens is 1. The summed E-state index contributed by atoms with van der Waals surface area (Å²) in [5.74, 6) is -0.423. The summed E-state index contributed by atoms with van der Waals surface area (Å²) in [4.78, 5) is 17.4. The molecule has 0 aliphatic carbocycles. The van der Waals surface area contributed by atoms with Crippen LogP contribution in [0.25, 0.3) is 0 Å². The fourth-order valence-electron chi connectivity index (χ4n) is 1.70. The van der Waals surface area contributed by atoms with Gasteiger partial charge in [-0.15, -0.1) is 36.6 Å². The van der Waals surface area contributed by atoms with Crippen molar-refractivity contribution >= 4 is 42.6 Å². The molecule has 0 radical (unpaired) electrons. The zero-order valence-corrected chi connectivity index (χ0v) is 13.5. The van der Waals surface area contributed by atoms with E-state index in [9.17, 15) is 9.18 Å². The van der Waals surface area contributed by atoms with Gasteiger partial charge in [0.1, 0.15) is 5.82 Å². The average Bonchev–Trinajstić information content (AvgIpc) is 2.86. The van der Waals surface area contributed by atoms with Gasteiger partial charge in [0.2, 0.25) is 0 Å². The molecule has 0 aromatic carbocycles. The highest BCUT2D eigenvalue weighted by atomic mass is 35.5. The molecular weight excluding hydrogens is 338 g/mol. The molecular formula is C12H17Cl2FN4OS. The first kappa shape index (κ1) is 20.0. The number of hydrogen-bond acceptors (Lipinski definition) is 4. The van der Waals surface area contributed by atoms with Crippen LogP contribution >= 0.6 is 36.6 Å². The number of pyridine rings is 1. The van der Waals surface area contributed by atoms with Crippen LogP contribution in [-0.2, 0) is 6.54 Å². The average molecular weight is 355 g/mol. The van der Waals surface area contributed by atoms with Gasteiger partial charge in [-0.05, 0) is 30.5 Å². The van der Waals surface area contributed by atoms with E-state index in [0.29, 0.717) is 13.0 Å². The first-order valence-corrected chi connectivity index (χ1v) is 6.84. The SMILES string of the molecule is Cl.Cl.NCCC1SC=CN1C(=O)NCc1ncccc1F. The molecule has 9 heteroatoms. The van der Waals surface area contributed by atoms with Crippen LogP contribution in [0, 0.1) is 5.82 Å². The Morgan fingerprint density at radius 2 is 2.29 bits per heavy atom. The van der Waals surface area contributed by atoms with Crippen molar-refractivity contribution < 1.29 is 9.18 Å². The maximum atomic E-state index is 13.4. The van der Waals surface area contributed by atoms with Crippen LogP contribution in [-0.4, -0.2) is 27.8 Å². The van der Waals surface area contributed by atoms with Gasteiger partial charge in [-0.2, -0.15) is 0 Å². The van der Waals surface area contributed by atoms with Gasteiger partial charge in [-0.1, -0.05) is 0 Å². The van der Waals surface area contributed by atoms with Crippen molar-refractivity contribution in [1.82, 2.24) is 15.2 Å². The lowest BCUT2D eigenvalue weighted by Gasteiger charge is -2.22. The second-order valence-corrected chi connectivity index (χ2v) is 5.04. The Labute approximate surface area is 139 Å². The summed E-state index contributed by atoms with van der Waals surface area (Å²) in [6.07, 6.45) is 3.91. The van der Waals surface area contributed by atoms with E-state index in [-0.39, 0.29) is 48.5 Å². The van der Waals surface area contributed by atoms with Gasteiger partial charge >= 0.3 is 6.03 Å². The van der Waals surface area contributed by atoms with Gasteiger partial charge in [0.25, 0.3) is 0 Å². The molecule has 3 N–H and O–H groups in total. The van der Waals surface area contributed by atoms with E-state index in [2.05, 4.69) is 10.3 Å². The van der Waals surface area contributed by atoms with Crippen LogP contribution < -0.4 is 11.1 Å². The molecule has 2 amide bonds. The second-order valence-electron chi connectivity index (χ2n) is 3.95. The van der Waals surface area contributed by atoms with Crippen molar-refractivity contribution in [3.63, 3.8) is 0 Å². The smallest absolute Gasteiger partial charge is 0.322 e. The molecule has 21 heavy (non-hydrogen) atoms. The van der Waals surface area contributed by atoms with E-state index in [4.69, 9.17) is 5.73 Å². The van der Waals surface area contributed by atoms with Gasteiger partial charge in [0.05, 0.1) is 17.6 Å². The molecule has 0 saturated heterocycles. The number of carbonyl (C=O) groups is 1. The number of hydrogen-bond donors (Lipinski definition) is 2. The van der Waals surface area contributed by atoms with E-state index in [1.807, 2.05) is 5.41 Å². The van der Waals surface area contributed by atoms with Crippen molar-refractivity contribution in [2.45, 2.75) is 18.3 Å². The summed E-state index contributed by atoms with van der Waals surface area (Å²) in [5, 5.41) is 4.51. The Hall–Kier alpha value is -1.02. The molecule has 0 fully saturated rings. The third kappa shape index (κ3) is 5.35. The Morgan fingerprint density at radius 3 is 2.95 bits per heavy atom. The molecule has 1 aromatic rings. The number of rotatable bonds is 4. The normalized spacial score (nSPS) is 16.1. The van der Waals surface area contributed by atoms with E-state index in [0.717, 1.165) is 0 Å². The molecule has 0 spiro atoms. The zero-order valence-electron chi connectivity index (χ0n) is 11.1. The van der Waals surface area contributed by atoms with Crippen LogP contribution in [0.3, 0.4) is 0 Å². The molecule has 0 saturated carbocycles. The number of thioether (sulfide) groups is 1. The highest BCUT2D eigenvalue weighted by Gasteiger charge is 2.24. The summed E-state index contributed by atoms with van der Waals surface area (Å²) < 4.78 is 13.4. The number of nitrogens with two attached hydrogens (primary N) is 1. The first-order chi connectivity index (χ1) is 9.22. The summed E-state index contributed by atoms with van der Waals surface area (Å²) in [5.41, 5.74) is 5.72. The fourth-order valence-corrected chi connectivity index (χ4v) is 2.65. The Morgan fingerprint density at radius 1 is 1.52 bits per heavy atom. The Kier molecular flexibility index (Phi) is 9.36. The number of halogens is 3. The zero-order chi connectivity index (χ0) is 13.7. The molecule has 2 rings (SSSR count). The van der Waals surface area contributed by atoms with Gasteiger partial charge in [-0.3, -0.25) is 9.88 Å². The number of nitrogens with one attached hydrogen (secondary N) is 1. The predicted octanol–water partition coefficient (Wildman–Crippen LogP) is 2.47. The Balaban J connectivity index is 0.00000200. The minimum Gasteiger partial charge on any atom is -0.332 e. The third-order valence-electron chi connectivity index (χ3n) is 2.66.